The lowest BCUT2D eigenvalue weighted by atomic mass is 9.84. The molecule has 1 aliphatic carbocycles. The number of anilines is 1. The number of hydrogen-bond donors (Lipinski definition) is 2. The van der Waals surface area contributed by atoms with Crippen molar-refractivity contribution in [3.63, 3.8) is 0 Å². The average Bonchev–Trinajstić information content (AvgIpc) is 3.01. The van der Waals surface area contributed by atoms with Gasteiger partial charge < -0.3 is 10.1 Å². The quantitative estimate of drug-likeness (QED) is 0.825. The van der Waals surface area contributed by atoms with Crippen molar-refractivity contribution in [2.45, 2.75) is 32.2 Å². The first-order chi connectivity index (χ1) is 12.1. The third-order valence-electron chi connectivity index (χ3n) is 4.22. The predicted octanol–water partition coefficient (Wildman–Crippen LogP) is 2.46. The molecule has 1 aromatic heterocycles. The van der Waals surface area contributed by atoms with Gasteiger partial charge >= 0.3 is 0 Å². The third-order valence-corrected chi connectivity index (χ3v) is 5.11. The van der Waals surface area contributed by atoms with E-state index in [1.807, 2.05) is 24.3 Å². The maximum absolute atomic E-state index is 12.2. The number of carbonyl (C=O) groups excluding carboxylic acids is 2. The van der Waals surface area contributed by atoms with Gasteiger partial charge in [-0.2, -0.15) is 0 Å². The van der Waals surface area contributed by atoms with E-state index in [9.17, 15) is 9.59 Å². The van der Waals surface area contributed by atoms with Crippen molar-refractivity contribution >= 4 is 28.3 Å². The van der Waals surface area contributed by atoms with Gasteiger partial charge in [-0.15, -0.1) is 10.2 Å². The van der Waals surface area contributed by atoms with Gasteiger partial charge in [-0.3, -0.25) is 14.9 Å². The molecule has 0 aliphatic heterocycles. The van der Waals surface area contributed by atoms with Crippen LogP contribution in [-0.2, 0) is 9.59 Å². The first-order valence-corrected chi connectivity index (χ1v) is 8.97. The molecule has 132 valence electrons. The van der Waals surface area contributed by atoms with Crippen LogP contribution >= 0.6 is 11.3 Å². The largest absolute Gasteiger partial charge is 0.497 e. The lowest BCUT2D eigenvalue weighted by Gasteiger charge is -2.25. The number of hydrogen-bond acceptors (Lipinski definition) is 6. The standard InChI is InChI=1S/C17H20N4O3S/c1-10(18-15(23)11-4-3-5-11)14(22)19-17-21-20-16(25-17)12-6-8-13(24-2)9-7-12/h6-11H,3-5H2,1-2H3,(H,18,23)(H,19,21,22)/t10-/m0/s1. The molecule has 1 atom stereocenters. The average molecular weight is 360 g/mol. The van der Waals surface area contributed by atoms with Crippen LogP contribution in [0.25, 0.3) is 10.6 Å². The van der Waals surface area contributed by atoms with E-state index < -0.39 is 6.04 Å². The van der Waals surface area contributed by atoms with Crippen LogP contribution in [0, 0.1) is 5.92 Å². The Bertz CT molecular complexity index is 756. The first-order valence-electron chi connectivity index (χ1n) is 8.16. The first kappa shape index (κ1) is 17.3. The van der Waals surface area contributed by atoms with Gasteiger partial charge in [0.2, 0.25) is 16.9 Å². The maximum atomic E-state index is 12.2. The minimum absolute atomic E-state index is 0.0508. The van der Waals surface area contributed by atoms with E-state index in [2.05, 4.69) is 20.8 Å². The molecule has 0 radical (unpaired) electrons. The van der Waals surface area contributed by atoms with Crippen LogP contribution in [0.4, 0.5) is 5.13 Å². The van der Waals surface area contributed by atoms with Crippen LogP contribution in [0.15, 0.2) is 24.3 Å². The molecule has 1 fully saturated rings. The van der Waals surface area contributed by atoms with E-state index in [4.69, 9.17) is 4.74 Å². The van der Waals surface area contributed by atoms with Gasteiger partial charge in [0.05, 0.1) is 7.11 Å². The van der Waals surface area contributed by atoms with Crippen molar-refractivity contribution in [3.05, 3.63) is 24.3 Å². The molecule has 0 saturated heterocycles. The minimum Gasteiger partial charge on any atom is -0.497 e. The van der Waals surface area contributed by atoms with Gasteiger partial charge in [-0.1, -0.05) is 17.8 Å². The van der Waals surface area contributed by atoms with E-state index in [1.54, 1.807) is 14.0 Å². The van der Waals surface area contributed by atoms with E-state index in [1.165, 1.54) is 11.3 Å². The zero-order valence-electron chi connectivity index (χ0n) is 14.1. The summed E-state index contributed by atoms with van der Waals surface area (Å²) < 4.78 is 5.13. The molecule has 8 heteroatoms. The van der Waals surface area contributed by atoms with Gasteiger partial charge in [0, 0.05) is 11.5 Å². The van der Waals surface area contributed by atoms with E-state index >= 15 is 0 Å². The fourth-order valence-corrected chi connectivity index (χ4v) is 3.16. The summed E-state index contributed by atoms with van der Waals surface area (Å²) in [6.45, 7) is 1.66. The summed E-state index contributed by atoms with van der Waals surface area (Å²) in [4.78, 5) is 24.1. The van der Waals surface area contributed by atoms with Crippen LogP contribution in [0.5, 0.6) is 5.75 Å². The van der Waals surface area contributed by atoms with Gasteiger partial charge in [-0.05, 0) is 44.0 Å². The Balaban J connectivity index is 1.58. The number of amides is 2. The Morgan fingerprint density at radius 2 is 1.96 bits per heavy atom. The molecular formula is C17H20N4O3S. The van der Waals surface area contributed by atoms with Crippen molar-refractivity contribution < 1.29 is 14.3 Å². The summed E-state index contributed by atoms with van der Waals surface area (Å²) in [7, 11) is 1.61. The summed E-state index contributed by atoms with van der Waals surface area (Å²) in [5.41, 5.74) is 0.894. The second-order valence-corrected chi connectivity index (χ2v) is 6.97. The molecule has 2 aromatic rings. The van der Waals surface area contributed by atoms with Gasteiger partial charge in [0.1, 0.15) is 16.8 Å². The second kappa shape index (κ2) is 7.60. The molecule has 25 heavy (non-hydrogen) atoms. The number of rotatable bonds is 6. The van der Waals surface area contributed by atoms with E-state index in [0.29, 0.717) is 10.1 Å². The Kier molecular flexibility index (Phi) is 5.28. The molecule has 1 heterocycles. The number of aromatic nitrogens is 2. The van der Waals surface area contributed by atoms with Gasteiger partial charge in [0.25, 0.3) is 0 Å². The number of nitrogens with one attached hydrogen (secondary N) is 2. The fourth-order valence-electron chi connectivity index (χ4n) is 2.40. The van der Waals surface area contributed by atoms with Crippen LogP contribution in [0.3, 0.4) is 0 Å². The highest BCUT2D eigenvalue weighted by atomic mass is 32.1. The Labute approximate surface area is 149 Å². The normalized spacial score (nSPS) is 15.1. The van der Waals surface area contributed by atoms with E-state index in [-0.39, 0.29) is 17.7 Å². The minimum atomic E-state index is -0.610. The number of methoxy groups -OCH3 is 1. The third kappa shape index (κ3) is 4.14. The highest BCUT2D eigenvalue weighted by Crippen LogP contribution is 2.28. The maximum Gasteiger partial charge on any atom is 0.248 e. The Hall–Kier alpha value is -2.48. The van der Waals surface area contributed by atoms with Crippen molar-refractivity contribution in [1.29, 1.82) is 0 Å². The zero-order chi connectivity index (χ0) is 17.8. The molecular weight excluding hydrogens is 340 g/mol. The van der Waals surface area contributed by atoms with Crippen molar-refractivity contribution in [2.24, 2.45) is 5.92 Å². The summed E-state index contributed by atoms with van der Waals surface area (Å²) >= 11 is 1.28. The number of carbonyl (C=O) groups is 2. The highest BCUT2D eigenvalue weighted by Gasteiger charge is 2.27. The molecule has 1 aliphatic rings. The molecule has 2 amide bonds. The van der Waals surface area contributed by atoms with Gasteiger partial charge in [-0.25, -0.2) is 0 Å². The number of nitrogens with zero attached hydrogens (tertiary/aromatic N) is 2. The Morgan fingerprint density at radius 3 is 2.56 bits per heavy atom. The van der Waals surface area contributed by atoms with Gasteiger partial charge in [0.15, 0.2) is 0 Å². The lowest BCUT2D eigenvalue weighted by Crippen LogP contribution is -2.45. The Morgan fingerprint density at radius 1 is 1.24 bits per heavy atom. The molecule has 0 bridgehead atoms. The van der Waals surface area contributed by atoms with E-state index in [0.717, 1.165) is 30.6 Å². The number of benzene rings is 1. The van der Waals surface area contributed by atoms with Crippen LogP contribution < -0.4 is 15.4 Å². The molecule has 0 unspecified atom stereocenters. The highest BCUT2D eigenvalue weighted by molar-refractivity contribution is 7.18. The molecule has 3 rings (SSSR count). The van der Waals surface area contributed by atoms with Crippen LogP contribution in [0.1, 0.15) is 26.2 Å². The molecule has 7 nitrogen and oxygen atoms in total. The fraction of sp³-hybridized carbons (Fsp3) is 0.412. The SMILES string of the molecule is COc1ccc(-c2nnc(NC(=O)[C@H](C)NC(=O)C3CCC3)s2)cc1. The van der Waals surface area contributed by atoms with Crippen molar-refractivity contribution in [3.8, 4) is 16.3 Å². The summed E-state index contributed by atoms with van der Waals surface area (Å²) in [5.74, 6) is 0.464. The van der Waals surface area contributed by atoms with Crippen LogP contribution in [0.2, 0.25) is 0 Å². The smallest absolute Gasteiger partial charge is 0.248 e. The zero-order valence-corrected chi connectivity index (χ0v) is 14.9. The molecule has 2 N–H and O–H groups in total. The van der Waals surface area contributed by atoms with Crippen LogP contribution in [-0.4, -0.2) is 35.2 Å². The van der Waals surface area contributed by atoms with Crippen molar-refractivity contribution in [2.75, 3.05) is 12.4 Å². The summed E-state index contributed by atoms with van der Waals surface area (Å²) in [5, 5.41) is 14.6. The molecule has 0 spiro atoms. The summed E-state index contributed by atoms with van der Waals surface area (Å²) in [6, 6.07) is 6.83. The molecule has 1 aromatic carbocycles. The second-order valence-electron chi connectivity index (χ2n) is 5.99. The lowest BCUT2D eigenvalue weighted by molar-refractivity contribution is -0.130. The molecule has 1 saturated carbocycles. The number of ether oxygens (including phenoxy) is 1. The summed E-state index contributed by atoms with van der Waals surface area (Å²) in [6.07, 6.45) is 2.89. The topological polar surface area (TPSA) is 93.2 Å². The van der Waals surface area contributed by atoms with Crippen molar-refractivity contribution in [1.82, 2.24) is 15.5 Å². The monoisotopic (exact) mass is 360 g/mol. The predicted molar refractivity (Wildman–Crippen MR) is 95.5 cm³/mol.